The molecule has 0 saturated heterocycles. The van der Waals surface area contributed by atoms with Gasteiger partial charge < -0.3 is 24.2 Å². The molecule has 0 aliphatic carbocycles. The summed E-state index contributed by atoms with van der Waals surface area (Å²) in [4.78, 5) is 48.5. The molecule has 0 rings (SSSR count). The number of esters is 3. The fraction of sp³-hybridized carbons (Fsp3) is 0.750. The summed E-state index contributed by atoms with van der Waals surface area (Å²) in [5.74, 6) is -1.50. The Morgan fingerprint density at radius 1 is 0.403 bits per heavy atom. The van der Waals surface area contributed by atoms with Gasteiger partial charge in [-0.25, -0.2) is 4.57 Å². The van der Waals surface area contributed by atoms with Gasteiger partial charge >= 0.3 is 25.7 Å². The number of allylic oxidation sites excluding steroid dienone is 12. The highest BCUT2D eigenvalue weighted by molar-refractivity contribution is 7.47. The zero-order valence-electron chi connectivity index (χ0n) is 45.9. The van der Waals surface area contributed by atoms with Crippen molar-refractivity contribution in [1.29, 1.82) is 0 Å². The van der Waals surface area contributed by atoms with E-state index in [-0.39, 0.29) is 25.9 Å². The quantitative estimate of drug-likeness (QED) is 0.0197. The molecule has 0 aromatic heterocycles. The first-order chi connectivity index (χ1) is 35.2. The first-order valence-corrected chi connectivity index (χ1v) is 30.3. The summed E-state index contributed by atoms with van der Waals surface area (Å²) >= 11 is 0. The van der Waals surface area contributed by atoms with E-state index in [1.54, 1.807) is 0 Å². The van der Waals surface area contributed by atoms with Gasteiger partial charge in [0.25, 0.3) is 0 Å². The maximum atomic E-state index is 12.9. The van der Waals surface area contributed by atoms with Crippen molar-refractivity contribution in [1.82, 2.24) is 0 Å². The van der Waals surface area contributed by atoms with E-state index in [4.69, 9.17) is 23.3 Å². The third-order valence-electron chi connectivity index (χ3n) is 12.1. The van der Waals surface area contributed by atoms with Crippen LogP contribution in [0.2, 0.25) is 0 Å². The number of hydrogen-bond acceptors (Lipinski definition) is 10. The molecule has 0 bridgehead atoms. The van der Waals surface area contributed by atoms with Gasteiger partial charge in [0.05, 0.1) is 19.8 Å². The highest BCUT2D eigenvalue weighted by Crippen LogP contribution is 2.43. The van der Waals surface area contributed by atoms with Gasteiger partial charge in [0, 0.05) is 19.3 Å². The van der Waals surface area contributed by atoms with Crippen LogP contribution in [0, 0.1) is 0 Å². The lowest BCUT2D eigenvalue weighted by Gasteiger charge is -2.21. The molecule has 0 aromatic rings. The molecule has 2 N–H and O–H groups in total. The highest BCUT2D eigenvalue weighted by Gasteiger charge is 2.28. The molecular formula is C60H105O11P. The van der Waals surface area contributed by atoms with E-state index in [1.165, 1.54) is 77.0 Å². The Morgan fingerprint density at radius 3 is 1.17 bits per heavy atom. The molecule has 3 unspecified atom stereocenters. The number of unbranched alkanes of at least 4 members (excludes halogenated alkanes) is 24. The van der Waals surface area contributed by atoms with Crippen LogP contribution >= 0.6 is 7.82 Å². The molecule has 11 nitrogen and oxygen atoms in total. The zero-order chi connectivity index (χ0) is 52.7. The summed E-state index contributed by atoms with van der Waals surface area (Å²) in [6.07, 6.45) is 60.0. The van der Waals surface area contributed by atoms with Gasteiger partial charge in [-0.2, -0.15) is 0 Å². The summed E-state index contributed by atoms with van der Waals surface area (Å²) in [5, 5.41) is 9.80. The highest BCUT2D eigenvalue weighted by atomic mass is 31.2. The molecule has 0 saturated carbocycles. The molecule has 0 radical (unpaired) electrons. The molecule has 0 aromatic carbocycles. The van der Waals surface area contributed by atoms with Gasteiger partial charge in [-0.3, -0.25) is 23.4 Å². The maximum Gasteiger partial charge on any atom is 0.472 e. The number of phosphoric acid groups is 1. The van der Waals surface area contributed by atoms with E-state index in [1.807, 2.05) is 0 Å². The van der Waals surface area contributed by atoms with Gasteiger partial charge in [0.2, 0.25) is 0 Å². The largest absolute Gasteiger partial charge is 0.472 e. The van der Waals surface area contributed by atoms with E-state index in [2.05, 4.69) is 93.7 Å². The van der Waals surface area contributed by atoms with E-state index in [9.17, 15) is 28.9 Å². The lowest BCUT2D eigenvalue weighted by Crippen LogP contribution is -2.30. The number of phosphoric ester groups is 1. The molecule has 0 heterocycles. The van der Waals surface area contributed by atoms with Crippen LogP contribution in [0.3, 0.4) is 0 Å². The van der Waals surface area contributed by atoms with Crippen LogP contribution in [-0.2, 0) is 42.2 Å². The average Bonchev–Trinajstić information content (AvgIpc) is 3.37. The number of carbonyl (C=O) groups is 3. The van der Waals surface area contributed by atoms with Crippen LogP contribution < -0.4 is 0 Å². The minimum atomic E-state index is -4.76. The minimum absolute atomic E-state index is 0.158. The molecule has 416 valence electrons. The predicted molar refractivity (Wildman–Crippen MR) is 298 cm³/mol. The lowest BCUT2D eigenvalue weighted by atomic mass is 10.0. The summed E-state index contributed by atoms with van der Waals surface area (Å²) in [6, 6.07) is 0. The molecule has 0 amide bonds. The molecule has 72 heavy (non-hydrogen) atoms. The van der Waals surface area contributed by atoms with Crippen molar-refractivity contribution in [3.8, 4) is 0 Å². The van der Waals surface area contributed by atoms with Gasteiger partial charge in [-0.05, 0) is 83.5 Å². The normalized spacial score (nSPS) is 13.9. The summed E-state index contributed by atoms with van der Waals surface area (Å²) < 4.78 is 39.5. The third kappa shape index (κ3) is 51.8. The van der Waals surface area contributed by atoms with E-state index < -0.39 is 57.8 Å². The van der Waals surface area contributed by atoms with Gasteiger partial charge in [-0.15, -0.1) is 0 Å². The standard InChI is InChI=1S/C60H105O11P/c1-4-7-10-13-16-19-22-25-27-28-30-32-34-37-40-43-46-49-58(62)67-53-57(71-60(64)51-48-45-42-39-36-33-29-26-23-20-17-14-11-8-5-2)55-69-72(65,66)68-54-56(52-61)70-59(63)50-47-44-41-38-35-31-24-21-18-15-12-9-6-3/h7,10,12,15-16,19,21,24-25,27,30,32,56-57,61H,4-6,8-9,11,13-14,17-18,20,22-23,26,28-29,31,33-55H2,1-3H3,(H,65,66)/b10-7-,15-12-,19-16-,24-21-,27-25-,32-30-. The Kier molecular flexibility index (Phi) is 51.9. The number of aliphatic hydroxyl groups is 1. The number of hydrogen-bond donors (Lipinski definition) is 2. The Morgan fingerprint density at radius 2 is 0.750 bits per heavy atom. The average molecular weight is 1030 g/mol. The molecule has 0 aliphatic heterocycles. The van der Waals surface area contributed by atoms with Crippen LogP contribution in [-0.4, -0.2) is 66.5 Å². The Balaban J connectivity index is 4.76. The van der Waals surface area contributed by atoms with Crippen LogP contribution in [0.5, 0.6) is 0 Å². The number of ether oxygens (including phenoxy) is 3. The smallest absolute Gasteiger partial charge is 0.462 e. The first-order valence-electron chi connectivity index (χ1n) is 28.8. The third-order valence-corrected chi connectivity index (χ3v) is 13.0. The van der Waals surface area contributed by atoms with Crippen LogP contribution in [0.25, 0.3) is 0 Å². The Labute approximate surface area is 439 Å². The Bertz CT molecular complexity index is 1490. The molecule has 0 aliphatic rings. The second kappa shape index (κ2) is 54.2. The van der Waals surface area contributed by atoms with Crippen LogP contribution in [0.4, 0.5) is 0 Å². The maximum absolute atomic E-state index is 12.9. The first kappa shape index (κ1) is 68.9. The predicted octanol–water partition coefficient (Wildman–Crippen LogP) is 16.9. The number of rotatable bonds is 53. The lowest BCUT2D eigenvalue weighted by molar-refractivity contribution is -0.161. The monoisotopic (exact) mass is 1030 g/mol. The number of carbonyl (C=O) groups excluding carboxylic acids is 3. The number of aliphatic hydroxyl groups excluding tert-OH is 1. The molecule has 12 heteroatoms. The van der Waals surface area contributed by atoms with Crippen molar-refractivity contribution in [3.05, 3.63) is 72.9 Å². The molecule has 0 spiro atoms. The van der Waals surface area contributed by atoms with Crippen molar-refractivity contribution < 1.29 is 52.2 Å². The van der Waals surface area contributed by atoms with Crippen LogP contribution in [0.15, 0.2) is 72.9 Å². The fourth-order valence-electron chi connectivity index (χ4n) is 7.74. The summed E-state index contributed by atoms with van der Waals surface area (Å²) in [5.41, 5.74) is 0. The van der Waals surface area contributed by atoms with Crippen molar-refractivity contribution in [2.75, 3.05) is 26.4 Å². The van der Waals surface area contributed by atoms with Gasteiger partial charge in [0.15, 0.2) is 6.10 Å². The minimum Gasteiger partial charge on any atom is -0.462 e. The molecule has 3 atom stereocenters. The van der Waals surface area contributed by atoms with E-state index in [0.717, 1.165) is 116 Å². The van der Waals surface area contributed by atoms with Crippen molar-refractivity contribution in [2.45, 2.75) is 264 Å². The van der Waals surface area contributed by atoms with Gasteiger partial charge in [0.1, 0.15) is 12.7 Å². The summed E-state index contributed by atoms with van der Waals surface area (Å²) in [6.45, 7) is 4.44. The molecular weight excluding hydrogens is 928 g/mol. The Hall–Kier alpha value is -3.08. The zero-order valence-corrected chi connectivity index (χ0v) is 46.8. The topological polar surface area (TPSA) is 155 Å². The van der Waals surface area contributed by atoms with Crippen molar-refractivity contribution >= 4 is 25.7 Å². The van der Waals surface area contributed by atoms with E-state index in [0.29, 0.717) is 19.3 Å². The summed E-state index contributed by atoms with van der Waals surface area (Å²) in [7, 11) is -4.76. The second-order valence-corrected chi connectivity index (χ2v) is 20.5. The second-order valence-electron chi connectivity index (χ2n) is 19.1. The van der Waals surface area contributed by atoms with Crippen molar-refractivity contribution in [3.63, 3.8) is 0 Å². The van der Waals surface area contributed by atoms with Crippen molar-refractivity contribution in [2.24, 2.45) is 0 Å². The SMILES string of the molecule is CC/C=C\C/C=C\C/C=C\C/C=C\CCCCCCC(=O)OCC(COP(=O)(O)OCC(CO)OC(=O)CCCCCCC/C=C\C/C=C\CCC)OC(=O)CCCCCCCCCCCCCCCCC. The van der Waals surface area contributed by atoms with Crippen LogP contribution in [0.1, 0.15) is 252 Å². The fourth-order valence-corrected chi connectivity index (χ4v) is 8.52. The van der Waals surface area contributed by atoms with Gasteiger partial charge in [-0.1, -0.05) is 222 Å². The molecule has 0 fully saturated rings. The van der Waals surface area contributed by atoms with E-state index >= 15 is 0 Å².